The van der Waals surface area contributed by atoms with Gasteiger partial charge in [0.1, 0.15) is 18.1 Å². The van der Waals surface area contributed by atoms with E-state index in [0.717, 1.165) is 17.1 Å². The Bertz CT molecular complexity index is 450. The van der Waals surface area contributed by atoms with Crippen molar-refractivity contribution in [2.45, 2.75) is 13.2 Å². The number of hydrogen-bond donors (Lipinski definition) is 1. The molecule has 84 valence electrons. The Balaban J connectivity index is 1.99. The Morgan fingerprint density at radius 1 is 1.19 bits per heavy atom. The van der Waals surface area contributed by atoms with E-state index in [4.69, 9.17) is 26.5 Å². The lowest BCUT2D eigenvalue weighted by Crippen LogP contribution is -2.01. The topological polar surface area (TPSA) is 48.4 Å². The van der Waals surface area contributed by atoms with E-state index in [1.54, 1.807) is 18.4 Å². The van der Waals surface area contributed by atoms with Crippen LogP contribution < -0.4 is 10.5 Å². The van der Waals surface area contributed by atoms with Crippen molar-refractivity contribution >= 4 is 11.6 Å². The highest BCUT2D eigenvalue weighted by Crippen LogP contribution is 2.18. The Kier molecular flexibility index (Phi) is 3.49. The fourth-order valence-corrected chi connectivity index (χ4v) is 1.49. The molecule has 0 atom stereocenters. The Labute approximate surface area is 98.8 Å². The first-order valence-corrected chi connectivity index (χ1v) is 5.31. The van der Waals surface area contributed by atoms with Crippen molar-refractivity contribution in [3.05, 3.63) is 52.9 Å². The Hall–Kier alpha value is -1.45. The molecule has 1 aromatic heterocycles. The molecule has 0 unspecified atom stereocenters. The van der Waals surface area contributed by atoms with Crippen LogP contribution in [0.15, 0.2) is 41.0 Å². The molecule has 0 aliphatic heterocycles. The third kappa shape index (κ3) is 2.56. The quantitative estimate of drug-likeness (QED) is 0.889. The zero-order valence-electron chi connectivity index (χ0n) is 8.65. The lowest BCUT2D eigenvalue weighted by atomic mass is 10.2. The highest BCUT2D eigenvalue weighted by atomic mass is 35.5. The number of nitrogens with two attached hydrogens (primary N) is 1. The van der Waals surface area contributed by atoms with Crippen LogP contribution in [0.3, 0.4) is 0 Å². The lowest BCUT2D eigenvalue weighted by molar-refractivity contribution is 0.302. The number of halogens is 1. The van der Waals surface area contributed by atoms with Crippen molar-refractivity contribution < 1.29 is 9.15 Å². The van der Waals surface area contributed by atoms with E-state index in [0.29, 0.717) is 18.2 Å². The maximum atomic E-state index is 5.77. The molecule has 2 aromatic rings. The summed E-state index contributed by atoms with van der Waals surface area (Å²) in [5, 5.41) is 0.693. The van der Waals surface area contributed by atoms with Gasteiger partial charge in [0.05, 0.1) is 12.8 Å². The lowest BCUT2D eigenvalue weighted by Gasteiger charge is -2.05. The second kappa shape index (κ2) is 5.05. The average Bonchev–Trinajstić information content (AvgIpc) is 2.76. The molecule has 16 heavy (non-hydrogen) atoms. The molecule has 0 bridgehead atoms. The maximum Gasteiger partial charge on any atom is 0.123 e. The second-order valence-corrected chi connectivity index (χ2v) is 3.75. The Morgan fingerprint density at radius 2 is 1.94 bits per heavy atom. The minimum Gasteiger partial charge on any atom is -0.489 e. The summed E-state index contributed by atoms with van der Waals surface area (Å²) in [6, 6.07) is 9.08. The minimum absolute atomic E-state index is 0.381. The van der Waals surface area contributed by atoms with Gasteiger partial charge in [0.25, 0.3) is 0 Å². The molecule has 0 saturated carbocycles. The standard InChI is InChI=1S/C12H12ClNO2/c13-10-1-3-11(4-2-10)16-8-9-5-6-15-12(9)7-14/h1-6H,7-8,14H2. The van der Waals surface area contributed by atoms with Gasteiger partial charge in [-0.05, 0) is 30.3 Å². The highest BCUT2D eigenvalue weighted by Gasteiger charge is 2.04. The van der Waals surface area contributed by atoms with Gasteiger partial charge in [-0.15, -0.1) is 0 Å². The van der Waals surface area contributed by atoms with Crippen molar-refractivity contribution in [1.29, 1.82) is 0 Å². The number of rotatable bonds is 4. The van der Waals surface area contributed by atoms with Crippen molar-refractivity contribution in [1.82, 2.24) is 0 Å². The zero-order chi connectivity index (χ0) is 11.4. The number of ether oxygens (including phenoxy) is 1. The summed E-state index contributed by atoms with van der Waals surface area (Å²) in [5.74, 6) is 1.53. The van der Waals surface area contributed by atoms with Crippen LogP contribution in [0.25, 0.3) is 0 Å². The first-order valence-electron chi connectivity index (χ1n) is 4.93. The van der Waals surface area contributed by atoms with Crippen LogP contribution in [-0.4, -0.2) is 0 Å². The monoisotopic (exact) mass is 237 g/mol. The summed E-state index contributed by atoms with van der Waals surface area (Å²) in [5.41, 5.74) is 6.49. The van der Waals surface area contributed by atoms with Crippen molar-refractivity contribution in [2.24, 2.45) is 5.73 Å². The third-order valence-corrected chi connectivity index (χ3v) is 2.48. The SMILES string of the molecule is NCc1occc1COc1ccc(Cl)cc1. The van der Waals surface area contributed by atoms with Gasteiger partial charge in [-0.1, -0.05) is 11.6 Å². The predicted molar refractivity (Wildman–Crippen MR) is 62.4 cm³/mol. The summed E-state index contributed by atoms with van der Waals surface area (Å²) in [4.78, 5) is 0. The number of hydrogen-bond acceptors (Lipinski definition) is 3. The molecule has 1 aromatic carbocycles. The van der Waals surface area contributed by atoms with Gasteiger partial charge in [0.15, 0.2) is 0 Å². The van der Waals surface area contributed by atoms with E-state index in [1.165, 1.54) is 0 Å². The molecule has 1 heterocycles. The smallest absolute Gasteiger partial charge is 0.123 e. The van der Waals surface area contributed by atoms with E-state index in [2.05, 4.69) is 0 Å². The van der Waals surface area contributed by atoms with Gasteiger partial charge in [-0.25, -0.2) is 0 Å². The van der Waals surface area contributed by atoms with Crippen LogP contribution in [0.5, 0.6) is 5.75 Å². The van der Waals surface area contributed by atoms with Gasteiger partial charge in [0.2, 0.25) is 0 Å². The normalized spacial score (nSPS) is 10.4. The molecule has 0 saturated heterocycles. The van der Waals surface area contributed by atoms with Crippen molar-refractivity contribution in [2.75, 3.05) is 0 Å². The molecule has 3 nitrogen and oxygen atoms in total. The Morgan fingerprint density at radius 3 is 2.62 bits per heavy atom. The molecule has 2 rings (SSSR count). The van der Waals surface area contributed by atoms with Gasteiger partial charge < -0.3 is 14.9 Å². The van der Waals surface area contributed by atoms with E-state index in [9.17, 15) is 0 Å². The van der Waals surface area contributed by atoms with Gasteiger partial charge >= 0.3 is 0 Å². The van der Waals surface area contributed by atoms with Gasteiger partial charge in [0, 0.05) is 10.6 Å². The van der Waals surface area contributed by atoms with E-state index >= 15 is 0 Å². The summed E-state index contributed by atoms with van der Waals surface area (Å²) >= 11 is 5.77. The molecule has 0 amide bonds. The molecule has 2 N–H and O–H groups in total. The van der Waals surface area contributed by atoms with Gasteiger partial charge in [-0.3, -0.25) is 0 Å². The summed E-state index contributed by atoms with van der Waals surface area (Å²) in [6.45, 7) is 0.830. The van der Waals surface area contributed by atoms with Crippen LogP contribution in [0.2, 0.25) is 5.02 Å². The largest absolute Gasteiger partial charge is 0.489 e. The summed E-state index contributed by atoms with van der Waals surface area (Å²) in [7, 11) is 0. The first-order chi connectivity index (χ1) is 7.79. The molecule has 0 fully saturated rings. The zero-order valence-corrected chi connectivity index (χ0v) is 9.41. The maximum absolute atomic E-state index is 5.77. The molecule has 0 aliphatic rings. The van der Waals surface area contributed by atoms with E-state index in [1.807, 2.05) is 18.2 Å². The fourth-order valence-electron chi connectivity index (χ4n) is 1.37. The molecule has 0 radical (unpaired) electrons. The van der Waals surface area contributed by atoms with Crippen LogP contribution in [0.1, 0.15) is 11.3 Å². The average molecular weight is 238 g/mol. The van der Waals surface area contributed by atoms with Crippen LogP contribution in [0.4, 0.5) is 0 Å². The first kappa shape index (κ1) is 11.0. The molecule has 4 heteroatoms. The van der Waals surface area contributed by atoms with Crippen LogP contribution in [-0.2, 0) is 13.2 Å². The van der Waals surface area contributed by atoms with Crippen LogP contribution in [0, 0.1) is 0 Å². The minimum atomic E-state index is 0.381. The highest BCUT2D eigenvalue weighted by molar-refractivity contribution is 6.30. The number of benzene rings is 1. The molecular weight excluding hydrogens is 226 g/mol. The van der Waals surface area contributed by atoms with Crippen molar-refractivity contribution in [3.63, 3.8) is 0 Å². The third-order valence-electron chi connectivity index (χ3n) is 2.23. The molecule has 0 spiro atoms. The number of furan rings is 1. The summed E-state index contributed by atoms with van der Waals surface area (Å²) in [6.07, 6.45) is 1.61. The molecular formula is C12H12ClNO2. The van der Waals surface area contributed by atoms with E-state index in [-0.39, 0.29) is 0 Å². The predicted octanol–water partition coefficient (Wildman–Crippen LogP) is 2.97. The summed E-state index contributed by atoms with van der Waals surface area (Å²) < 4.78 is 10.8. The van der Waals surface area contributed by atoms with Gasteiger partial charge in [-0.2, -0.15) is 0 Å². The van der Waals surface area contributed by atoms with E-state index < -0.39 is 0 Å². The molecule has 0 aliphatic carbocycles. The van der Waals surface area contributed by atoms with Crippen molar-refractivity contribution in [3.8, 4) is 5.75 Å². The second-order valence-electron chi connectivity index (χ2n) is 3.32. The fraction of sp³-hybridized carbons (Fsp3) is 0.167. The van der Waals surface area contributed by atoms with Crippen LogP contribution >= 0.6 is 11.6 Å².